The molecule has 0 spiro atoms. The Labute approximate surface area is 127 Å². The number of aryl methyl sites for hydroxylation is 1. The molecule has 0 fully saturated rings. The van der Waals surface area contributed by atoms with E-state index in [-0.39, 0.29) is 0 Å². The van der Waals surface area contributed by atoms with Gasteiger partial charge in [-0.3, -0.25) is 4.79 Å². The summed E-state index contributed by atoms with van der Waals surface area (Å²) in [5, 5.41) is 10.5. The molecule has 0 aliphatic rings. The predicted molar refractivity (Wildman–Crippen MR) is 85.1 cm³/mol. The third-order valence-electron chi connectivity index (χ3n) is 3.71. The summed E-state index contributed by atoms with van der Waals surface area (Å²) >= 11 is 0. The van der Waals surface area contributed by atoms with Crippen molar-refractivity contribution >= 4 is 16.8 Å². The second kappa shape index (κ2) is 5.30. The number of nitrogens with two attached hydrogens (primary N) is 1. The zero-order valence-corrected chi connectivity index (χ0v) is 12.0. The van der Waals surface area contributed by atoms with Gasteiger partial charge < -0.3 is 5.73 Å². The van der Waals surface area contributed by atoms with E-state index >= 15 is 0 Å². The van der Waals surface area contributed by atoms with Crippen LogP contribution in [0.4, 0.5) is 0 Å². The van der Waals surface area contributed by atoms with Crippen LogP contribution in [0.25, 0.3) is 22.2 Å². The molecule has 106 valence electrons. The predicted octanol–water partition coefficient (Wildman–Crippen LogP) is 3.18. The highest BCUT2D eigenvalue weighted by molar-refractivity contribution is 5.94. The molecule has 1 amide bonds. The molecule has 3 rings (SSSR count). The molecule has 1 aromatic heterocycles. The lowest BCUT2D eigenvalue weighted by molar-refractivity contribution is 0.100. The number of aromatic nitrogens is 1. The minimum absolute atomic E-state index is 0.430. The molecule has 0 radical (unpaired) electrons. The van der Waals surface area contributed by atoms with Gasteiger partial charge in [0.25, 0.3) is 0 Å². The maximum Gasteiger partial charge on any atom is 0.248 e. The lowest BCUT2D eigenvalue weighted by Gasteiger charge is -2.10. The summed E-state index contributed by atoms with van der Waals surface area (Å²) in [6.45, 7) is 1.92. The standard InChI is InChI=1S/C18H13N3O/c1-11-14-4-2-3-5-16(14)21-17(15(11)10-19)12-6-8-13(9-7-12)18(20)22/h2-9H,1H3,(H2,20,22). The molecule has 0 bridgehead atoms. The molecular formula is C18H13N3O. The number of benzene rings is 2. The zero-order valence-electron chi connectivity index (χ0n) is 12.0. The van der Waals surface area contributed by atoms with Gasteiger partial charge in [-0.15, -0.1) is 0 Å². The Bertz CT molecular complexity index is 921. The van der Waals surface area contributed by atoms with E-state index in [9.17, 15) is 10.1 Å². The van der Waals surface area contributed by atoms with Crippen LogP contribution in [0.15, 0.2) is 48.5 Å². The van der Waals surface area contributed by atoms with Crippen molar-refractivity contribution in [3.63, 3.8) is 0 Å². The van der Waals surface area contributed by atoms with Crippen LogP contribution in [0, 0.1) is 18.3 Å². The van der Waals surface area contributed by atoms with Crippen LogP contribution in [0.1, 0.15) is 21.5 Å². The van der Waals surface area contributed by atoms with Crippen molar-refractivity contribution in [3.05, 3.63) is 65.2 Å². The zero-order chi connectivity index (χ0) is 15.7. The summed E-state index contributed by atoms with van der Waals surface area (Å²) in [5.74, 6) is -0.477. The monoisotopic (exact) mass is 287 g/mol. The van der Waals surface area contributed by atoms with E-state index in [1.165, 1.54) is 0 Å². The van der Waals surface area contributed by atoms with Gasteiger partial charge in [0.05, 0.1) is 16.8 Å². The van der Waals surface area contributed by atoms with Crippen molar-refractivity contribution in [2.75, 3.05) is 0 Å². The molecule has 22 heavy (non-hydrogen) atoms. The number of primary amides is 1. The van der Waals surface area contributed by atoms with Gasteiger partial charge in [0.1, 0.15) is 6.07 Å². The first-order chi connectivity index (χ1) is 10.6. The number of rotatable bonds is 2. The smallest absolute Gasteiger partial charge is 0.248 e. The van der Waals surface area contributed by atoms with Crippen LogP contribution in [0.3, 0.4) is 0 Å². The van der Waals surface area contributed by atoms with E-state index < -0.39 is 5.91 Å². The van der Waals surface area contributed by atoms with E-state index in [4.69, 9.17) is 5.73 Å². The number of nitriles is 1. The molecule has 1 heterocycles. The number of hydrogen-bond acceptors (Lipinski definition) is 3. The van der Waals surface area contributed by atoms with Gasteiger partial charge in [-0.1, -0.05) is 30.3 Å². The second-order valence-electron chi connectivity index (χ2n) is 5.03. The van der Waals surface area contributed by atoms with Crippen LogP contribution < -0.4 is 5.73 Å². The lowest BCUT2D eigenvalue weighted by atomic mass is 9.98. The Morgan fingerprint density at radius 2 is 1.82 bits per heavy atom. The largest absolute Gasteiger partial charge is 0.366 e. The van der Waals surface area contributed by atoms with Crippen molar-refractivity contribution in [1.82, 2.24) is 4.98 Å². The first-order valence-corrected chi connectivity index (χ1v) is 6.81. The quantitative estimate of drug-likeness (QED) is 0.786. The Morgan fingerprint density at radius 1 is 1.14 bits per heavy atom. The normalized spacial score (nSPS) is 10.4. The fourth-order valence-electron chi connectivity index (χ4n) is 2.51. The molecule has 4 nitrogen and oxygen atoms in total. The number of pyridine rings is 1. The van der Waals surface area contributed by atoms with Crippen molar-refractivity contribution in [2.45, 2.75) is 6.92 Å². The molecule has 4 heteroatoms. The Morgan fingerprint density at radius 3 is 2.45 bits per heavy atom. The minimum Gasteiger partial charge on any atom is -0.366 e. The number of fused-ring (bicyclic) bond motifs is 1. The third-order valence-corrected chi connectivity index (χ3v) is 3.71. The molecule has 0 aliphatic heterocycles. The molecule has 0 saturated carbocycles. The number of hydrogen-bond donors (Lipinski definition) is 1. The summed E-state index contributed by atoms with van der Waals surface area (Å²) in [7, 11) is 0. The van der Waals surface area contributed by atoms with Crippen LogP contribution in [-0.2, 0) is 0 Å². The molecule has 0 aliphatic carbocycles. The van der Waals surface area contributed by atoms with Crippen molar-refractivity contribution in [2.24, 2.45) is 5.73 Å². The molecule has 0 saturated heterocycles. The van der Waals surface area contributed by atoms with Gasteiger partial charge in [-0.25, -0.2) is 4.98 Å². The van der Waals surface area contributed by atoms with Crippen molar-refractivity contribution in [1.29, 1.82) is 5.26 Å². The van der Waals surface area contributed by atoms with Crippen molar-refractivity contribution < 1.29 is 4.79 Å². The van der Waals surface area contributed by atoms with Gasteiger partial charge in [0.2, 0.25) is 5.91 Å². The SMILES string of the molecule is Cc1c(C#N)c(-c2ccc(C(N)=O)cc2)nc2ccccc12. The van der Waals surface area contributed by atoms with E-state index in [0.29, 0.717) is 16.8 Å². The number of nitrogens with zero attached hydrogens (tertiary/aromatic N) is 2. The Kier molecular flexibility index (Phi) is 3.32. The first kappa shape index (κ1) is 13.8. The number of carbonyl (C=O) groups is 1. The van der Waals surface area contributed by atoms with Gasteiger partial charge in [-0.05, 0) is 30.7 Å². The van der Waals surface area contributed by atoms with E-state index in [1.807, 2.05) is 31.2 Å². The maximum absolute atomic E-state index is 11.2. The maximum atomic E-state index is 11.2. The molecule has 0 atom stereocenters. The highest BCUT2D eigenvalue weighted by Gasteiger charge is 2.13. The number of para-hydroxylation sites is 1. The number of amides is 1. The summed E-state index contributed by atoms with van der Waals surface area (Å²) < 4.78 is 0. The van der Waals surface area contributed by atoms with Crippen LogP contribution >= 0.6 is 0 Å². The topological polar surface area (TPSA) is 79.8 Å². The van der Waals surface area contributed by atoms with Crippen LogP contribution in [0.2, 0.25) is 0 Å². The first-order valence-electron chi connectivity index (χ1n) is 6.81. The Balaban J connectivity index is 2.26. The summed E-state index contributed by atoms with van der Waals surface area (Å²) in [5.41, 5.74) is 9.38. The van der Waals surface area contributed by atoms with E-state index in [1.54, 1.807) is 24.3 Å². The van der Waals surface area contributed by atoms with E-state index in [0.717, 1.165) is 22.0 Å². The minimum atomic E-state index is -0.477. The molecular weight excluding hydrogens is 274 g/mol. The van der Waals surface area contributed by atoms with Crippen LogP contribution in [-0.4, -0.2) is 10.9 Å². The van der Waals surface area contributed by atoms with Crippen molar-refractivity contribution in [3.8, 4) is 17.3 Å². The van der Waals surface area contributed by atoms with Gasteiger partial charge >= 0.3 is 0 Å². The lowest BCUT2D eigenvalue weighted by Crippen LogP contribution is -2.10. The second-order valence-corrected chi connectivity index (χ2v) is 5.03. The average Bonchev–Trinajstić information content (AvgIpc) is 2.55. The van der Waals surface area contributed by atoms with Gasteiger partial charge in [0.15, 0.2) is 0 Å². The fourth-order valence-corrected chi connectivity index (χ4v) is 2.51. The van der Waals surface area contributed by atoms with Crippen LogP contribution in [0.5, 0.6) is 0 Å². The summed E-state index contributed by atoms with van der Waals surface area (Å²) in [6, 6.07) is 16.8. The summed E-state index contributed by atoms with van der Waals surface area (Å²) in [6.07, 6.45) is 0. The fraction of sp³-hybridized carbons (Fsp3) is 0.0556. The summed E-state index contributed by atoms with van der Waals surface area (Å²) in [4.78, 5) is 15.8. The van der Waals surface area contributed by atoms with Gasteiger partial charge in [-0.2, -0.15) is 5.26 Å². The number of carbonyl (C=O) groups excluding carboxylic acids is 1. The highest BCUT2D eigenvalue weighted by Crippen LogP contribution is 2.29. The molecule has 0 unspecified atom stereocenters. The van der Waals surface area contributed by atoms with E-state index in [2.05, 4.69) is 11.1 Å². The molecule has 2 N–H and O–H groups in total. The molecule has 2 aromatic carbocycles. The third kappa shape index (κ3) is 2.19. The highest BCUT2D eigenvalue weighted by atomic mass is 16.1. The average molecular weight is 287 g/mol. The van der Waals surface area contributed by atoms with Gasteiger partial charge in [0, 0.05) is 16.5 Å². The molecule has 3 aromatic rings. The Hall–Kier alpha value is -3.19.